The van der Waals surface area contributed by atoms with Gasteiger partial charge in [0.2, 0.25) is 5.91 Å². The second-order valence-electron chi connectivity index (χ2n) is 7.80. The van der Waals surface area contributed by atoms with Crippen molar-refractivity contribution in [3.8, 4) is 5.75 Å². The van der Waals surface area contributed by atoms with Gasteiger partial charge in [0.05, 0.1) is 31.1 Å². The summed E-state index contributed by atoms with van der Waals surface area (Å²) >= 11 is 1.22. The van der Waals surface area contributed by atoms with E-state index < -0.39 is 12.0 Å². The van der Waals surface area contributed by atoms with Crippen LogP contribution in [0.5, 0.6) is 5.75 Å². The SMILES string of the molecule is C=CCn1c(SCC(=O)Nc2ccc(C(=O)OCC)cc2)nnc1[C@H](C)NC(=O)c1ccc(OC)cc1. The fourth-order valence-electron chi connectivity index (χ4n) is 3.35. The van der Waals surface area contributed by atoms with Crippen LogP contribution in [0, 0.1) is 0 Å². The number of benzene rings is 2. The third-order valence-corrected chi connectivity index (χ3v) is 6.12. The minimum absolute atomic E-state index is 0.0848. The van der Waals surface area contributed by atoms with Crippen LogP contribution in [-0.2, 0) is 16.1 Å². The Morgan fingerprint density at radius 2 is 1.76 bits per heavy atom. The molecule has 0 saturated heterocycles. The molecule has 0 spiro atoms. The number of nitrogens with one attached hydrogen (secondary N) is 2. The van der Waals surface area contributed by atoms with Crippen molar-refractivity contribution in [2.45, 2.75) is 31.6 Å². The maximum atomic E-state index is 12.7. The summed E-state index contributed by atoms with van der Waals surface area (Å²) in [5.74, 6) is 0.369. The number of nitrogens with zero attached hydrogens (tertiary/aromatic N) is 3. The summed E-state index contributed by atoms with van der Waals surface area (Å²) in [6, 6.07) is 12.8. The molecule has 0 aliphatic carbocycles. The summed E-state index contributed by atoms with van der Waals surface area (Å²) in [6.45, 7) is 8.04. The minimum Gasteiger partial charge on any atom is -0.497 e. The number of ether oxygens (including phenoxy) is 2. The Labute approximate surface area is 219 Å². The van der Waals surface area contributed by atoms with Gasteiger partial charge in [0.1, 0.15) is 5.75 Å². The molecule has 2 amide bonds. The molecular formula is C26H29N5O5S. The molecule has 1 atom stereocenters. The van der Waals surface area contributed by atoms with Gasteiger partial charge in [-0.15, -0.1) is 16.8 Å². The van der Waals surface area contributed by atoms with E-state index in [0.29, 0.717) is 46.7 Å². The van der Waals surface area contributed by atoms with Crippen molar-refractivity contribution in [2.24, 2.45) is 0 Å². The molecule has 10 nitrogen and oxygen atoms in total. The molecule has 2 aromatic carbocycles. The van der Waals surface area contributed by atoms with E-state index in [1.165, 1.54) is 11.8 Å². The summed E-state index contributed by atoms with van der Waals surface area (Å²) in [4.78, 5) is 36.9. The van der Waals surface area contributed by atoms with Gasteiger partial charge in [-0.2, -0.15) is 0 Å². The van der Waals surface area contributed by atoms with Gasteiger partial charge in [0.15, 0.2) is 11.0 Å². The molecule has 0 fully saturated rings. The molecule has 3 rings (SSSR count). The highest BCUT2D eigenvalue weighted by molar-refractivity contribution is 7.99. The molecule has 0 aliphatic heterocycles. The Balaban J connectivity index is 1.61. The lowest BCUT2D eigenvalue weighted by Gasteiger charge is -2.15. The van der Waals surface area contributed by atoms with E-state index in [-0.39, 0.29) is 17.6 Å². The molecular weight excluding hydrogens is 494 g/mol. The maximum Gasteiger partial charge on any atom is 0.338 e. The van der Waals surface area contributed by atoms with E-state index in [2.05, 4.69) is 27.4 Å². The molecule has 37 heavy (non-hydrogen) atoms. The first kappa shape index (κ1) is 27.5. The lowest BCUT2D eigenvalue weighted by molar-refractivity contribution is -0.113. The Morgan fingerprint density at radius 1 is 1.08 bits per heavy atom. The summed E-state index contributed by atoms with van der Waals surface area (Å²) in [6.07, 6.45) is 1.69. The van der Waals surface area contributed by atoms with Crippen LogP contribution in [0.3, 0.4) is 0 Å². The zero-order valence-corrected chi connectivity index (χ0v) is 21.7. The third kappa shape index (κ3) is 7.43. The van der Waals surface area contributed by atoms with Gasteiger partial charge in [0.25, 0.3) is 5.91 Å². The number of carbonyl (C=O) groups excluding carboxylic acids is 3. The van der Waals surface area contributed by atoms with Crippen LogP contribution in [0.4, 0.5) is 5.69 Å². The van der Waals surface area contributed by atoms with Crippen molar-refractivity contribution in [2.75, 3.05) is 24.8 Å². The van der Waals surface area contributed by atoms with Crippen molar-refractivity contribution in [3.05, 3.63) is 78.1 Å². The molecule has 2 N–H and O–H groups in total. The van der Waals surface area contributed by atoms with Gasteiger partial charge < -0.3 is 24.7 Å². The fourth-order valence-corrected chi connectivity index (χ4v) is 4.10. The van der Waals surface area contributed by atoms with Crippen LogP contribution in [0.2, 0.25) is 0 Å². The Bertz CT molecular complexity index is 1240. The molecule has 0 bridgehead atoms. The predicted molar refractivity (Wildman–Crippen MR) is 141 cm³/mol. The van der Waals surface area contributed by atoms with Crippen LogP contribution in [0.25, 0.3) is 0 Å². The molecule has 3 aromatic rings. The van der Waals surface area contributed by atoms with Crippen LogP contribution in [0.1, 0.15) is 46.4 Å². The van der Waals surface area contributed by atoms with Crippen molar-refractivity contribution < 1.29 is 23.9 Å². The topological polar surface area (TPSA) is 124 Å². The van der Waals surface area contributed by atoms with Crippen molar-refractivity contribution in [1.82, 2.24) is 20.1 Å². The smallest absolute Gasteiger partial charge is 0.338 e. The normalized spacial score (nSPS) is 11.3. The average molecular weight is 524 g/mol. The summed E-state index contributed by atoms with van der Waals surface area (Å²) in [5, 5.41) is 14.7. The van der Waals surface area contributed by atoms with E-state index in [9.17, 15) is 14.4 Å². The highest BCUT2D eigenvalue weighted by Crippen LogP contribution is 2.22. The largest absolute Gasteiger partial charge is 0.497 e. The van der Waals surface area contributed by atoms with E-state index >= 15 is 0 Å². The van der Waals surface area contributed by atoms with Crippen LogP contribution >= 0.6 is 11.8 Å². The van der Waals surface area contributed by atoms with Crippen LogP contribution in [-0.4, -0.2) is 52.0 Å². The van der Waals surface area contributed by atoms with E-state index in [4.69, 9.17) is 9.47 Å². The number of anilines is 1. The minimum atomic E-state index is -0.442. The Hall–Kier alpha value is -4.12. The average Bonchev–Trinajstić information content (AvgIpc) is 3.31. The quantitative estimate of drug-likeness (QED) is 0.208. The lowest BCUT2D eigenvalue weighted by atomic mass is 10.2. The van der Waals surface area contributed by atoms with Gasteiger partial charge in [-0.25, -0.2) is 4.79 Å². The second kappa shape index (κ2) is 13.3. The summed E-state index contributed by atoms with van der Waals surface area (Å²) in [7, 11) is 1.56. The van der Waals surface area contributed by atoms with Crippen molar-refractivity contribution in [3.63, 3.8) is 0 Å². The van der Waals surface area contributed by atoms with Gasteiger partial charge >= 0.3 is 5.97 Å². The van der Waals surface area contributed by atoms with E-state index in [1.807, 2.05) is 6.92 Å². The standard InChI is InChI=1S/C26H29N5O5S/c1-5-15-31-23(17(3)27-24(33)18-9-13-21(35-4)14-10-18)29-30-26(31)37-16-22(32)28-20-11-7-19(8-12-20)25(34)36-6-2/h5,7-14,17H,1,6,15-16H2,2-4H3,(H,27,33)(H,28,32)/t17-/m0/s1. The monoisotopic (exact) mass is 523 g/mol. The van der Waals surface area contributed by atoms with Crippen molar-refractivity contribution >= 4 is 35.2 Å². The van der Waals surface area contributed by atoms with Crippen LogP contribution in [0.15, 0.2) is 66.3 Å². The zero-order valence-electron chi connectivity index (χ0n) is 20.9. The Morgan fingerprint density at radius 3 is 2.38 bits per heavy atom. The fraction of sp³-hybridized carbons (Fsp3) is 0.269. The third-order valence-electron chi connectivity index (χ3n) is 5.16. The number of esters is 1. The number of allylic oxidation sites excluding steroid dienone is 1. The number of carbonyl (C=O) groups is 3. The summed E-state index contributed by atoms with van der Waals surface area (Å²) < 4.78 is 11.9. The number of hydrogen-bond donors (Lipinski definition) is 2. The van der Waals surface area contributed by atoms with Crippen molar-refractivity contribution in [1.29, 1.82) is 0 Å². The molecule has 1 heterocycles. The maximum absolute atomic E-state index is 12.7. The number of hydrogen-bond acceptors (Lipinski definition) is 8. The number of amides is 2. The van der Waals surface area contributed by atoms with Gasteiger partial charge in [-0.05, 0) is 62.4 Å². The number of aromatic nitrogens is 3. The number of methoxy groups -OCH3 is 1. The molecule has 0 saturated carbocycles. The highest BCUT2D eigenvalue weighted by Gasteiger charge is 2.20. The predicted octanol–water partition coefficient (Wildman–Crippen LogP) is 3.87. The lowest BCUT2D eigenvalue weighted by Crippen LogP contribution is -2.28. The second-order valence-corrected chi connectivity index (χ2v) is 8.74. The zero-order chi connectivity index (χ0) is 26.8. The van der Waals surface area contributed by atoms with Crippen LogP contribution < -0.4 is 15.4 Å². The van der Waals surface area contributed by atoms with Gasteiger partial charge in [0, 0.05) is 17.8 Å². The molecule has 0 radical (unpaired) electrons. The van der Waals surface area contributed by atoms with Gasteiger partial charge in [-0.1, -0.05) is 17.8 Å². The Kier molecular flexibility index (Phi) is 9.84. The molecule has 194 valence electrons. The molecule has 0 aliphatic rings. The van der Waals surface area contributed by atoms with E-state index in [1.54, 1.807) is 73.2 Å². The van der Waals surface area contributed by atoms with E-state index in [0.717, 1.165) is 0 Å². The first-order chi connectivity index (χ1) is 17.9. The molecule has 0 unspecified atom stereocenters. The van der Waals surface area contributed by atoms with Gasteiger partial charge in [-0.3, -0.25) is 9.59 Å². The molecule has 1 aromatic heterocycles. The molecule has 11 heteroatoms. The summed E-state index contributed by atoms with van der Waals surface area (Å²) in [5.41, 5.74) is 1.46. The number of rotatable bonds is 12. The highest BCUT2D eigenvalue weighted by atomic mass is 32.2. The number of thioether (sulfide) groups is 1. The first-order valence-electron chi connectivity index (χ1n) is 11.5. The first-order valence-corrected chi connectivity index (χ1v) is 12.5.